The van der Waals surface area contributed by atoms with E-state index in [-0.39, 0.29) is 0 Å². The van der Waals surface area contributed by atoms with Crippen molar-refractivity contribution < 1.29 is 0 Å². The van der Waals surface area contributed by atoms with E-state index in [9.17, 15) is 0 Å². The van der Waals surface area contributed by atoms with Gasteiger partial charge >= 0.3 is 0 Å². The summed E-state index contributed by atoms with van der Waals surface area (Å²) in [7, 11) is 0. The van der Waals surface area contributed by atoms with E-state index in [1.165, 1.54) is 37.9 Å². The fourth-order valence-electron chi connectivity index (χ4n) is 2.32. The quantitative estimate of drug-likeness (QED) is 0.644. The summed E-state index contributed by atoms with van der Waals surface area (Å²) >= 11 is 0. The number of benzene rings is 1. The van der Waals surface area contributed by atoms with Crippen molar-refractivity contribution in [1.29, 1.82) is 0 Å². The van der Waals surface area contributed by atoms with Crippen LogP contribution < -0.4 is 11.1 Å². The van der Waals surface area contributed by atoms with Crippen molar-refractivity contribution >= 4 is 11.6 Å². The molecule has 0 atom stereocenters. The Labute approximate surface area is 115 Å². The number of nitrogens with zero attached hydrogens (tertiary/aromatic N) is 2. The zero-order chi connectivity index (χ0) is 13.5. The summed E-state index contributed by atoms with van der Waals surface area (Å²) in [6.45, 7) is 6.27. The van der Waals surface area contributed by atoms with Gasteiger partial charge in [0.25, 0.3) is 0 Å². The lowest BCUT2D eigenvalue weighted by molar-refractivity contribution is 0.235. The minimum absolute atomic E-state index is 0.501. The summed E-state index contributed by atoms with van der Waals surface area (Å²) in [5.74, 6) is 0.501. The van der Waals surface area contributed by atoms with Crippen LogP contribution in [0.25, 0.3) is 0 Å². The molecule has 0 aliphatic carbocycles. The molecular weight excluding hydrogens is 236 g/mol. The number of piperidine rings is 1. The molecule has 0 radical (unpaired) electrons. The molecule has 1 aromatic rings. The Kier molecular flexibility index (Phi) is 5.21. The highest BCUT2D eigenvalue weighted by Crippen LogP contribution is 2.09. The average molecular weight is 260 g/mol. The minimum Gasteiger partial charge on any atom is -0.370 e. The molecule has 0 bridgehead atoms. The van der Waals surface area contributed by atoms with E-state index < -0.39 is 0 Å². The number of nitrogens with two attached hydrogens (primary N) is 1. The number of nitrogens with one attached hydrogen (secondary N) is 1. The highest BCUT2D eigenvalue weighted by Gasteiger charge is 2.08. The Morgan fingerprint density at radius 3 is 2.58 bits per heavy atom. The molecular formula is C15H24N4. The largest absolute Gasteiger partial charge is 0.370 e. The molecule has 0 unspecified atom stereocenters. The molecule has 1 saturated heterocycles. The van der Waals surface area contributed by atoms with Crippen LogP contribution in [0, 0.1) is 6.92 Å². The van der Waals surface area contributed by atoms with E-state index in [0.29, 0.717) is 5.96 Å². The number of hydrogen-bond acceptors (Lipinski definition) is 2. The van der Waals surface area contributed by atoms with Gasteiger partial charge in [-0.2, -0.15) is 0 Å². The molecule has 1 fully saturated rings. The van der Waals surface area contributed by atoms with Crippen LogP contribution in [0.2, 0.25) is 0 Å². The normalized spacial score (nSPS) is 17.4. The summed E-state index contributed by atoms with van der Waals surface area (Å²) in [5.41, 5.74) is 8.11. The molecule has 2 rings (SSSR count). The second-order valence-electron chi connectivity index (χ2n) is 5.16. The summed E-state index contributed by atoms with van der Waals surface area (Å²) < 4.78 is 0. The lowest BCUT2D eigenvalue weighted by Gasteiger charge is -2.25. The van der Waals surface area contributed by atoms with E-state index in [2.05, 4.69) is 34.3 Å². The zero-order valence-corrected chi connectivity index (χ0v) is 11.7. The molecule has 19 heavy (non-hydrogen) atoms. The Morgan fingerprint density at radius 1 is 1.21 bits per heavy atom. The highest BCUT2D eigenvalue weighted by atomic mass is 15.2. The van der Waals surface area contributed by atoms with Gasteiger partial charge in [0, 0.05) is 12.2 Å². The maximum Gasteiger partial charge on any atom is 0.193 e. The van der Waals surface area contributed by atoms with E-state index in [1.807, 2.05) is 12.1 Å². The van der Waals surface area contributed by atoms with Crippen molar-refractivity contribution in [3.8, 4) is 0 Å². The number of likely N-dealkylation sites (tertiary alicyclic amines) is 1. The van der Waals surface area contributed by atoms with Gasteiger partial charge in [-0.3, -0.25) is 4.99 Å². The van der Waals surface area contributed by atoms with Crippen molar-refractivity contribution in [2.45, 2.75) is 26.2 Å². The van der Waals surface area contributed by atoms with Crippen molar-refractivity contribution in [2.75, 3.05) is 31.5 Å². The smallest absolute Gasteiger partial charge is 0.193 e. The molecule has 104 valence electrons. The Bertz CT molecular complexity index is 405. The maximum absolute atomic E-state index is 5.88. The third-order valence-corrected chi connectivity index (χ3v) is 3.47. The number of guanidine groups is 1. The summed E-state index contributed by atoms with van der Waals surface area (Å²) in [6.07, 6.45) is 4.01. The van der Waals surface area contributed by atoms with Crippen LogP contribution in [0.15, 0.2) is 29.3 Å². The second-order valence-corrected chi connectivity index (χ2v) is 5.16. The monoisotopic (exact) mass is 260 g/mol. The first kappa shape index (κ1) is 13.9. The SMILES string of the molecule is Cc1ccc(NC(N)=NCCN2CCCCC2)cc1. The molecule has 0 saturated carbocycles. The van der Waals surface area contributed by atoms with E-state index in [0.717, 1.165) is 18.8 Å². The topological polar surface area (TPSA) is 53.6 Å². The van der Waals surface area contributed by atoms with Crippen LogP contribution in [-0.4, -0.2) is 37.0 Å². The van der Waals surface area contributed by atoms with Gasteiger partial charge in [-0.15, -0.1) is 0 Å². The maximum atomic E-state index is 5.88. The van der Waals surface area contributed by atoms with E-state index in [1.54, 1.807) is 0 Å². The molecule has 1 aliphatic rings. The van der Waals surface area contributed by atoms with Crippen molar-refractivity contribution in [3.05, 3.63) is 29.8 Å². The molecule has 3 N–H and O–H groups in total. The van der Waals surface area contributed by atoms with Crippen molar-refractivity contribution in [2.24, 2.45) is 10.7 Å². The van der Waals surface area contributed by atoms with Crippen LogP contribution in [0.1, 0.15) is 24.8 Å². The average Bonchev–Trinajstić information content (AvgIpc) is 2.43. The second kappa shape index (κ2) is 7.14. The predicted octanol–water partition coefficient (Wildman–Crippen LogP) is 2.21. The van der Waals surface area contributed by atoms with Gasteiger partial charge in [0.05, 0.1) is 6.54 Å². The van der Waals surface area contributed by atoms with Crippen LogP contribution in [0.5, 0.6) is 0 Å². The molecule has 4 nitrogen and oxygen atoms in total. The number of rotatable bonds is 4. The van der Waals surface area contributed by atoms with E-state index >= 15 is 0 Å². The molecule has 0 amide bonds. The Hall–Kier alpha value is -1.55. The molecule has 1 aromatic carbocycles. The highest BCUT2D eigenvalue weighted by molar-refractivity contribution is 5.92. The van der Waals surface area contributed by atoms with Gasteiger partial charge in [0.15, 0.2) is 5.96 Å². The summed E-state index contributed by atoms with van der Waals surface area (Å²) in [4.78, 5) is 6.84. The first-order chi connectivity index (χ1) is 9.24. The van der Waals surface area contributed by atoms with Crippen LogP contribution in [0.3, 0.4) is 0 Å². The number of aryl methyl sites for hydroxylation is 1. The van der Waals surface area contributed by atoms with Crippen LogP contribution in [-0.2, 0) is 0 Å². The first-order valence-corrected chi connectivity index (χ1v) is 7.10. The predicted molar refractivity (Wildman–Crippen MR) is 81.6 cm³/mol. The number of aliphatic imine (C=N–C) groups is 1. The molecule has 1 aliphatic heterocycles. The lowest BCUT2D eigenvalue weighted by Crippen LogP contribution is -2.32. The fourth-order valence-corrected chi connectivity index (χ4v) is 2.32. The minimum atomic E-state index is 0.501. The molecule has 0 aromatic heterocycles. The van der Waals surface area contributed by atoms with E-state index in [4.69, 9.17) is 5.73 Å². The van der Waals surface area contributed by atoms with Gasteiger partial charge in [-0.1, -0.05) is 24.1 Å². The number of hydrogen-bond donors (Lipinski definition) is 2. The fraction of sp³-hybridized carbons (Fsp3) is 0.533. The number of anilines is 1. The van der Waals surface area contributed by atoms with Crippen molar-refractivity contribution in [3.63, 3.8) is 0 Å². The van der Waals surface area contributed by atoms with Gasteiger partial charge in [-0.05, 0) is 45.0 Å². The Balaban J connectivity index is 1.74. The third-order valence-electron chi connectivity index (χ3n) is 3.47. The third kappa shape index (κ3) is 4.91. The lowest BCUT2D eigenvalue weighted by atomic mass is 10.1. The zero-order valence-electron chi connectivity index (χ0n) is 11.7. The Morgan fingerprint density at radius 2 is 1.89 bits per heavy atom. The molecule has 0 spiro atoms. The van der Waals surface area contributed by atoms with Gasteiger partial charge in [-0.25, -0.2) is 0 Å². The van der Waals surface area contributed by atoms with Gasteiger partial charge in [0.2, 0.25) is 0 Å². The van der Waals surface area contributed by atoms with Crippen LogP contribution in [0.4, 0.5) is 5.69 Å². The van der Waals surface area contributed by atoms with Crippen LogP contribution >= 0.6 is 0 Å². The standard InChI is InChI=1S/C15H24N4/c1-13-5-7-14(8-6-13)18-15(16)17-9-12-19-10-3-2-4-11-19/h5-8H,2-4,9-12H2,1H3,(H3,16,17,18). The summed E-state index contributed by atoms with van der Waals surface area (Å²) in [5, 5.41) is 3.12. The van der Waals surface area contributed by atoms with Crippen molar-refractivity contribution in [1.82, 2.24) is 4.90 Å². The first-order valence-electron chi connectivity index (χ1n) is 7.10. The molecule has 1 heterocycles. The summed E-state index contributed by atoms with van der Waals surface area (Å²) in [6, 6.07) is 8.15. The van der Waals surface area contributed by atoms with Gasteiger partial charge in [0.1, 0.15) is 0 Å². The molecule has 4 heteroatoms. The van der Waals surface area contributed by atoms with Gasteiger partial charge < -0.3 is 16.0 Å².